The number of hydrogen-bond acceptors (Lipinski definition) is 5. The molecular formula is C17H25N3O4S2. The van der Waals surface area contributed by atoms with Gasteiger partial charge in [-0.25, -0.2) is 13.1 Å². The van der Waals surface area contributed by atoms with Crippen LogP contribution in [0, 0.1) is 5.41 Å². The van der Waals surface area contributed by atoms with E-state index in [1.807, 2.05) is 14.0 Å². The van der Waals surface area contributed by atoms with Crippen molar-refractivity contribution < 1.29 is 18.0 Å². The monoisotopic (exact) mass is 399 g/mol. The lowest BCUT2D eigenvalue weighted by Crippen LogP contribution is -2.62. The van der Waals surface area contributed by atoms with Gasteiger partial charge in [0.2, 0.25) is 11.8 Å². The van der Waals surface area contributed by atoms with Crippen molar-refractivity contribution in [2.24, 2.45) is 5.41 Å². The molecule has 0 radical (unpaired) electrons. The highest BCUT2D eigenvalue weighted by molar-refractivity contribution is 7.91. The molecule has 1 N–H and O–H groups in total. The molecular weight excluding hydrogens is 374 g/mol. The van der Waals surface area contributed by atoms with Crippen LogP contribution in [0.25, 0.3) is 0 Å². The molecule has 0 unspecified atom stereocenters. The van der Waals surface area contributed by atoms with Crippen LogP contribution in [0.3, 0.4) is 0 Å². The molecule has 2 aliphatic heterocycles. The van der Waals surface area contributed by atoms with E-state index in [4.69, 9.17) is 0 Å². The van der Waals surface area contributed by atoms with Crippen LogP contribution in [-0.4, -0.2) is 62.8 Å². The third-order valence-electron chi connectivity index (χ3n) is 5.67. The Labute approximate surface area is 158 Å². The first-order valence-electron chi connectivity index (χ1n) is 8.86. The Kier molecular flexibility index (Phi) is 5.41. The fourth-order valence-electron chi connectivity index (χ4n) is 4.19. The van der Waals surface area contributed by atoms with Gasteiger partial charge in [-0.3, -0.25) is 9.59 Å². The van der Waals surface area contributed by atoms with Crippen LogP contribution in [-0.2, 0) is 19.6 Å². The summed E-state index contributed by atoms with van der Waals surface area (Å²) < 4.78 is 27.0. The van der Waals surface area contributed by atoms with Crippen LogP contribution >= 0.6 is 11.3 Å². The number of carbonyl (C=O) groups excluding carboxylic acids is 2. The molecule has 1 aromatic rings. The molecule has 1 aromatic heterocycles. The summed E-state index contributed by atoms with van der Waals surface area (Å²) in [6.45, 7) is 2.94. The topological polar surface area (TPSA) is 86.8 Å². The van der Waals surface area contributed by atoms with Crippen LogP contribution in [0.15, 0.2) is 21.7 Å². The number of sulfonamides is 1. The molecule has 0 saturated carbocycles. The number of nitrogens with one attached hydrogen (secondary N) is 1. The molecule has 7 nitrogen and oxygen atoms in total. The van der Waals surface area contributed by atoms with E-state index in [0.717, 1.165) is 43.6 Å². The number of rotatable bonds is 4. The van der Waals surface area contributed by atoms with Crippen molar-refractivity contribution in [3.63, 3.8) is 0 Å². The molecule has 9 heteroatoms. The molecule has 26 heavy (non-hydrogen) atoms. The molecule has 3 heterocycles. The maximum atomic E-state index is 12.8. The summed E-state index contributed by atoms with van der Waals surface area (Å²) in [7, 11) is -1.86. The van der Waals surface area contributed by atoms with E-state index in [1.54, 1.807) is 21.2 Å². The third kappa shape index (κ3) is 3.39. The predicted molar refractivity (Wildman–Crippen MR) is 99.2 cm³/mol. The number of piperidine rings is 2. The van der Waals surface area contributed by atoms with E-state index in [2.05, 4.69) is 4.72 Å². The molecule has 2 aliphatic rings. The van der Waals surface area contributed by atoms with Crippen molar-refractivity contribution in [3.05, 3.63) is 17.5 Å². The first kappa shape index (κ1) is 19.3. The van der Waals surface area contributed by atoms with Gasteiger partial charge < -0.3 is 9.80 Å². The lowest BCUT2D eigenvalue weighted by Gasteiger charge is -2.51. The average Bonchev–Trinajstić information content (AvgIpc) is 3.15. The van der Waals surface area contributed by atoms with Crippen LogP contribution in [0.4, 0.5) is 0 Å². The molecule has 1 spiro atoms. The number of likely N-dealkylation sites (tertiary alicyclic amines) is 2. The zero-order valence-corrected chi connectivity index (χ0v) is 16.7. The summed E-state index contributed by atoms with van der Waals surface area (Å²) in [6, 6.07) is 2.93. The van der Waals surface area contributed by atoms with Gasteiger partial charge in [-0.15, -0.1) is 11.3 Å². The SMILES string of the molecule is C[C@H]1N(C(=O)CNS(=O)(=O)c2cccs2)CCC[C@@]12CCCN(C)C2=O. The molecule has 0 aliphatic carbocycles. The Balaban J connectivity index is 1.70. The standard InChI is InChI=1S/C17H25N3O4S2/c1-13-17(7-4-9-19(2)16(17)22)8-5-10-20(13)14(21)12-18-26(23,24)15-6-3-11-25-15/h3,6,11,13,18H,4-5,7-10,12H2,1-2H3/t13-,17+/m1/s1. The summed E-state index contributed by atoms with van der Waals surface area (Å²) in [5.41, 5.74) is -0.534. The Bertz CT molecular complexity index is 774. The minimum atomic E-state index is -3.68. The molecule has 0 bridgehead atoms. The highest BCUT2D eigenvalue weighted by Crippen LogP contribution is 2.43. The quantitative estimate of drug-likeness (QED) is 0.826. The number of amides is 2. The van der Waals surface area contributed by atoms with E-state index < -0.39 is 15.4 Å². The van der Waals surface area contributed by atoms with Crippen molar-refractivity contribution in [2.45, 2.75) is 42.9 Å². The third-order valence-corrected chi connectivity index (χ3v) is 8.47. The van der Waals surface area contributed by atoms with Crippen LogP contribution in [0.2, 0.25) is 0 Å². The van der Waals surface area contributed by atoms with Gasteiger partial charge in [0.1, 0.15) is 4.21 Å². The van der Waals surface area contributed by atoms with Crippen molar-refractivity contribution in [1.29, 1.82) is 0 Å². The first-order chi connectivity index (χ1) is 12.3. The highest BCUT2D eigenvalue weighted by atomic mass is 32.2. The maximum absolute atomic E-state index is 12.8. The van der Waals surface area contributed by atoms with E-state index in [1.165, 1.54) is 6.07 Å². The van der Waals surface area contributed by atoms with Gasteiger partial charge in [0.25, 0.3) is 10.0 Å². The lowest BCUT2D eigenvalue weighted by molar-refractivity contribution is -0.157. The second-order valence-corrected chi connectivity index (χ2v) is 10.1. The molecule has 2 saturated heterocycles. The zero-order valence-electron chi connectivity index (χ0n) is 15.1. The summed E-state index contributed by atoms with van der Waals surface area (Å²) in [4.78, 5) is 29.0. The fourth-order valence-corrected chi connectivity index (χ4v) is 6.20. The minimum Gasteiger partial charge on any atom is -0.345 e. The molecule has 3 rings (SSSR count). The van der Waals surface area contributed by atoms with E-state index in [-0.39, 0.29) is 28.6 Å². The van der Waals surface area contributed by atoms with Crippen LogP contribution in [0.5, 0.6) is 0 Å². The van der Waals surface area contributed by atoms with E-state index >= 15 is 0 Å². The number of thiophene rings is 1. The lowest BCUT2D eigenvalue weighted by atomic mass is 9.68. The molecule has 2 atom stereocenters. The van der Waals surface area contributed by atoms with Crippen LogP contribution in [0.1, 0.15) is 32.6 Å². The number of nitrogens with zero attached hydrogens (tertiary/aromatic N) is 2. The van der Waals surface area contributed by atoms with Crippen molar-refractivity contribution in [1.82, 2.24) is 14.5 Å². The average molecular weight is 400 g/mol. The number of hydrogen-bond donors (Lipinski definition) is 1. The van der Waals surface area contributed by atoms with E-state index in [9.17, 15) is 18.0 Å². The van der Waals surface area contributed by atoms with Gasteiger partial charge in [0.05, 0.1) is 12.0 Å². The van der Waals surface area contributed by atoms with Gasteiger partial charge in [-0.1, -0.05) is 6.07 Å². The molecule has 2 amide bonds. The minimum absolute atomic E-state index is 0.105. The fraction of sp³-hybridized carbons (Fsp3) is 0.647. The molecule has 144 valence electrons. The number of carbonyl (C=O) groups is 2. The summed E-state index contributed by atoms with van der Waals surface area (Å²) >= 11 is 1.11. The summed E-state index contributed by atoms with van der Waals surface area (Å²) in [6.07, 6.45) is 3.25. The molecule has 2 fully saturated rings. The zero-order chi connectivity index (χ0) is 18.9. The Morgan fingerprint density at radius 3 is 2.69 bits per heavy atom. The van der Waals surface area contributed by atoms with Crippen molar-refractivity contribution in [2.75, 3.05) is 26.7 Å². The van der Waals surface area contributed by atoms with Crippen molar-refractivity contribution in [3.8, 4) is 0 Å². The Morgan fingerprint density at radius 2 is 2.04 bits per heavy atom. The normalized spacial score (nSPS) is 27.2. The van der Waals surface area contributed by atoms with Gasteiger partial charge >= 0.3 is 0 Å². The van der Waals surface area contributed by atoms with Gasteiger partial charge in [-0.2, -0.15) is 0 Å². The summed E-state index contributed by atoms with van der Waals surface area (Å²) in [5.74, 6) is -0.175. The maximum Gasteiger partial charge on any atom is 0.250 e. The summed E-state index contributed by atoms with van der Waals surface area (Å²) in [5, 5.41) is 1.68. The van der Waals surface area contributed by atoms with Crippen molar-refractivity contribution >= 4 is 33.2 Å². The second kappa shape index (κ2) is 7.28. The Morgan fingerprint density at radius 1 is 1.35 bits per heavy atom. The molecule has 0 aromatic carbocycles. The van der Waals surface area contributed by atoms with E-state index in [0.29, 0.717) is 6.54 Å². The Hall–Kier alpha value is -1.45. The van der Waals surface area contributed by atoms with Gasteiger partial charge in [0, 0.05) is 26.2 Å². The smallest absolute Gasteiger partial charge is 0.250 e. The highest BCUT2D eigenvalue weighted by Gasteiger charge is 2.51. The largest absolute Gasteiger partial charge is 0.345 e. The first-order valence-corrected chi connectivity index (χ1v) is 11.2. The van der Waals surface area contributed by atoms with Gasteiger partial charge in [-0.05, 0) is 44.1 Å². The van der Waals surface area contributed by atoms with Gasteiger partial charge in [0.15, 0.2) is 0 Å². The second-order valence-electron chi connectivity index (χ2n) is 7.11. The van der Waals surface area contributed by atoms with Crippen LogP contribution < -0.4 is 4.72 Å². The predicted octanol–water partition coefficient (Wildman–Crippen LogP) is 1.28.